The van der Waals surface area contributed by atoms with E-state index < -0.39 is 0 Å². The predicted octanol–water partition coefficient (Wildman–Crippen LogP) is 4.51. The van der Waals surface area contributed by atoms with Crippen molar-refractivity contribution in [1.29, 1.82) is 0 Å². The topological polar surface area (TPSA) is 12.0 Å². The van der Waals surface area contributed by atoms with Crippen molar-refractivity contribution in [1.82, 2.24) is 5.32 Å². The molecule has 1 atom stereocenters. The van der Waals surface area contributed by atoms with E-state index >= 15 is 0 Å². The van der Waals surface area contributed by atoms with Crippen LogP contribution < -0.4 is 5.32 Å². The summed E-state index contributed by atoms with van der Waals surface area (Å²) >= 11 is 4.99. The molecule has 2 aromatic carbocycles. The summed E-state index contributed by atoms with van der Waals surface area (Å²) in [6.45, 7) is 0. The third-order valence-corrected chi connectivity index (χ3v) is 4.82. The molecular formula is C16H17BrFNS. The Bertz CT molecular complexity index is 544. The van der Waals surface area contributed by atoms with Crippen LogP contribution in [0, 0.1) is 5.82 Å². The summed E-state index contributed by atoms with van der Waals surface area (Å²) in [7, 11) is 1.95. The lowest BCUT2D eigenvalue weighted by Crippen LogP contribution is -2.30. The molecule has 0 heterocycles. The first-order chi connectivity index (χ1) is 9.69. The number of hydrogen-bond donors (Lipinski definition) is 1. The van der Waals surface area contributed by atoms with Crippen LogP contribution in [0.1, 0.15) is 5.56 Å². The number of nitrogens with one attached hydrogen (secondary N) is 1. The standard InChI is InChI=1S/C16H17BrFNS/c1-19-14(10-12-6-8-13(17)9-7-12)11-20-16-5-3-2-4-15(16)18/h2-9,14,19H,10-11H2,1H3. The SMILES string of the molecule is CNC(CSc1ccccc1F)Cc1ccc(Br)cc1. The van der Waals surface area contributed by atoms with Gasteiger partial charge in [0.15, 0.2) is 0 Å². The number of rotatable bonds is 6. The Labute approximate surface area is 132 Å². The van der Waals surface area contributed by atoms with E-state index in [0.29, 0.717) is 10.9 Å². The van der Waals surface area contributed by atoms with Gasteiger partial charge < -0.3 is 5.32 Å². The minimum Gasteiger partial charge on any atom is -0.316 e. The van der Waals surface area contributed by atoms with Crippen LogP contribution in [0.4, 0.5) is 4.39 Å². The summed E-state index contributed by atoms with van der Waals surface area (Å²) in [4.78, 5) is 0.712. The van der Waals surface area contributed by atoms with Crippen molar-refractivity contribution in [3.8, 4) is 0 Å². The molecule has 0 radical (unpaired) electrons. The van der Waals surface area contributed by atoms with Crippen LogP contribution in [0.15, 0.2) is 57.9 Å². The maximum Gasteiger partial charge on any atom is 0.136 e. The van der Waals surface area contributed by atoms with Gasteiger partial charge in [0.1, 0.15) is 5.82 Å². The molecule has 0 aliphatic carbocycles. The van der Waals surface area contributed by atoms with E-state index in [1.807, 2.05) is 31.3 Å². The van der Waals surface area contributed by atoms with Crippen molar-refractivity contribution in [3.05, 3.63) is 64.4 Å². The van der Waals surface area contributed by atoms with Crippen molar-refractivity contribution in [3.63, 3.8) is 0 Å². The van der Waals surface area contributed by atoms with Gasteiger partial charge in [-0.1, -0.05) is 40.2 Å². The molecule has 0 aliphatic heterocycles. The molecule has 0 saturated heterocycles. The van der Waals surface area contributed by atoms with Gasteiger partial charge in [-0.25, -0.2) is 4.39 Å². The van der Waals surface area contributed by atoms with Gasteiger partial charge in [-0.05, 0) is 43.3 Å². The molecule has 0 aromatic heterocycles. The fourth-order valence-electron chi connectivity index (χ4n) is 1.90. The lowest BCUT2D eigenvalue weighted by atomic mass is 10.1. The average molecular weight is 354 g/mol. The number of likely N-dealkylation sites (N-methyl/N-ethyl adjacent to an activating group) is 1. The van der Waals surface area contributed by atoms with E-state index in [4.69, 9.17) is 0 Å². The molecule has 1 N–H and O–H groups in total. The maximum absolute atomic E-state index is 13.6. The van der Waals surface area contributed by atoms with E-state index in [9.17, 15) is 4.39 Å². The van der Waals surface area contributed by atoms with Gasteiger partial charge in [-0.15, -0.1) is 11.8 Å². The van der Waals surface area contributed by atoms with E-state index in [0.717, 1.165) is 16.6 Å². The lowest BCUT2D eigenvalue weighted by Gasteiger charge is -2.16. The van der Waals surface area contributed by atoms with Gasteiger partial charge >= 0.3 is 0 Å². The highest BCUT2D eigenvalue weighted by molar-refractivity contribution is 9.10. The second-order valence-electron chi connectivity index (χ2n) is 4.56. The molecule has 4 heteroatoms. The molecular weight excluding hydrogens is 337 g/mol. The Kier molecular flexibility index (Phi) is 6.07. The van der Waals surface area contributed by atoms with Crippen molar-refractivity contribution in [2.45, 2.75) is 17.4 Å². The van der Waals surface area contributed by atoms with Crippen molar-refractivity contribution < 1.29 is 4.39 Å². The summed E-state index contributed by atoms with van der Waals surface area (Å²) in [6.07, 6.45) is 0.936. The normalized spacial score (nSPS) is 12.3. The van der Waals surface area contributed by atoms with Crippen LogP contribution in [0.25, 0.3) is 0 Å². The molecule has 1 unspecified atom stereocenters. The number of benzene rings is 2. The fourth-order valence-corrected chi connectivity index (χ4v) is 3.21. The highest BCUT2D eigenvalue weighted by Crippen LogP contribution is 2.23. The molecule has 2 aromatic rings. The van der Waals surface area contributed by atoms with Gasteiger partial charge in [0.25, 0.3) is 0 Å². The summed E-state index contributed by atoms with van der Waals surface area (Å²) < 4.78 is 14.7. The number of halogens is 2. The zero-order valence-corrected chi connectivity index (χ0v) is 13.7. The first-order valence-corrected chi connectivity index (χ1v) is 8.26. The summed E-state index contributed by atoms with van der Waals surface area (Å²) in [5, 5.41) is 3.30. The van der Waals surface area contributed by atoms with Gasteiger partial charge in [0, 0.05) is 21.2 Å². The van der Waals surface area contributed by atoms with Crippen molar-refractivity contribution >= 4 is 27.7 Å². The van der Waals surface area contributed by atoms with Gasteiger partial charge in [-0.3, -0.25) is 0 Å². The minimum absolute atomic E-state index is 0.143. The quantitative estimate of drug-likeness (QED) is 0.766. The van der Waals surface area contributed by atoms with Crippen molar-refractivity contribution in [2.75, 3.05) is 12.8 Å². The Hall–Kier alpha value is -0.840. The molecule has 0 saturated carbocycles. The number of hydrogen-bond acceptors (Lipinski definition) is 2. The van der Waals surface area contributed by atoms with Crippen molar-refractivity contribution in [2.24, 2.45) is 0 Å². The van der Waals surface area contributed by atoms with Gasteiger partial charge in [0.2, 0.25) is 0 Å². The second-order valence-corrected chi connectivity index (χ2v) is 6.54. The van der Waals surface area contributed by atoms with E-state index in [2.05, 4.69) is 33.4 Å². The summed E-state index contributed by atoms with van der Waals surface area (Å²) in [5.41, 5.74) is 1.28. The average Bonchev–Trinajstić information content (AvgIpc) is 2.47. The third-order valence-electron chi connectivity index (χ3n) is 3.08. The van der Waals surface area contributed by atoms with Crippen LogP contribution >= 0.6 is 27.7 Å². The van der Waals surface area contributed by atoms with Crippen LogP contribution in [-0.2, 0) is 6.42 Å². The lowest BCUT2D eigenvalue weighted by molar-refractivity contribution is 0.598. The van der Waals surface area contributed by atoms with E-state index in [1.165, 1.54) is 11.6 Å². The number of thioether (sulfide) groups is 1. The van der Waals surface area contributed by atoms with Gasteiger partial charge in [0.05, 0.1) is 0 Å². The summed E-state index contributed by atoms with van der Waals surface area (Å²) in [5.74, 6) is 0.698. The van der Waals surface area contributed by atoms with Crippen LogP contribution in [0.3, 0.4) is 0 Å². The molecule has 2 rings (SSSR count). The zero-order valence-electron chi connectivity index (χ0n) is 11.3. The fraction of sp³-hybridized carbons (Fsp3) is 0.250. The second kappa shape index (κ2) is 7.81. The molecule has 1 nitrogen and oxygen atoms in total. The zero-order chi connectivity index (χ0) is 14.4. The van der Waals surface area contributed by atoms with E-state index in [1.54, 1.807) is 17.8 Å². The minimum atomic E-state index is -0.143. The van der Waals surface area contributed by atoms with E-state index in [-0.39, 0.29) is 5.82 Å². The predicted molar refractivity (Wildman–Crippen MR) is 87.8 cm³/mol. The molecule has 20 heavy (non-hydrogen) atoms. The third kappa shape index (κ3) is 4.62. The highest BCUT2D eigenvalue weighted by Gasteiger charge is 2.10. The largest absolute Gasteiger partial charge is 0.316 e. The van der Waals surface area contributed by atoms with Gasteiger partial charge in [-0.2, -0.15) is 0 Å². The molecule has 0 spiro atoms. The van der Waals surface area contributed by atoms with Crippen LogP contribution in [0.5, 0.6) is 0 Å². The Morgan fingerprint density at radius 3 is 2.50 bits per heavy atom. The maximum atomic E-state index is 13.6. The highest BCUT2D eigenvalue weighted by atomic mass is 79.9. The molecule has 0 bridgehead atoms. The Morgan fingerprint density at radius 1 is 1.15 bits per heavy atom. The Morgan fingerprint density at radius 2 is 1.85 bits per heavy atom. The molecule has 0 aliphatic rings. The first kappa shape index (κ1) is 15.5. The van der Waals surface area contributed by atoms with Crippen LogP contribution in [0.2, 0.25) is 0 Å². The Balaban J connectivity index is 1.92. The molecule has 0 fully saturated rings. The summed E-state index contributed by atoms with van der Waals surface area (Å²) in [6, 6.07) is 15.6. The first-order valence-electron chi connectivity index (χ1n) is 6.48. The molecule has 106 valence electrons. The van der Waals surface area contributed by atoms with Crippen LogP contribution in [-0.4, -0.2) is 18.8 Å². The monoisotopic (exact) mass is 353 g/mol. The molecule has 0 amide bonds. The smallest absolute Gasteiger partial charge is 0.136 e.